The van der Waals surface area contributed by atoms with E-state index in [1.165, 1.54) is 16.7 Å². The van der Waals surface area contributed by atoms with Gasteiger partial charge in [-0.1, -0.05) is 62.8 Å². The summed E-state index contributed by atoms with van der Waals surface area (Å²) in [5.74, 6) is -0.353. The molecule has 1 spiro atoms. The first kappa shape index (κ1) is 34.2. The van der Waals surface area contributed by atoms with Crippen LogP contribution in [0.2, 0.25) is 0 Å². The lowest BCUT2D eigenvalue weighted by Gasteiger charge is -2.58. The van der Waals surface area contributed by atoms with Crippen LogP contribution >= 0.6 is 0 Å². The van der Waals surface area contributed by atoms with Crippen molar-refractivity contribution in [2.24, 2.45) is 22.7 Å². The van der Waals surface area contributed by atoms with Gasteiger partial charge in [0.05, 0.1) is 31.0 Å². The second-order valence-electron chi connectivity index (χ2n) is 16.0. The molecule has 258 valence electrons. The van der Waals surface area contributed by atoms with Gasteiger partial charge in [-0.15, -0.1) is 0 Å². The molecule has 1 aliphatic heterocycles. The summed E-state index contributed by atoms with van der Waals surface area (Å²) >= 11 is 0. The van der Waals surface area contributed by atoms with E-state index in [1.807, 2.05) is 19.1 Å². The highest BCUT2D eigenvalue weighted by atomic mass is 16.7. The fourth-order valence-corrected chi connectivity index (χ4v) is 9.39. The maximum atomic E-state index is 12.4. The third-order valence-corrected chi connectivity index (χ3v) is 12.2. The van der Waals surface area contributed by atoms with Crippen molar-refractivity contribution in [2.75, 3.05) is 32.9 Å². The van der Waals surface area contributed by atoms with E-state index in [0.717, 1.165) is 44.1 Å². The molecule has 9 nitrogen and oxygen atoms in total. The molecule has 5 aliphatic rings. The number of fused-ring (bicyclic) bond motifs is 4. The molecular weight excluding hydrogens is 596 g/mol. The van der Waals surface area contributed by atoms with E-state index in [0.29, 0.717) is 44.4 Å². The van der Waals surface area contributed by atoms with Crippen LogP contribution < -0.4 is 10.6 Å². The van der Waals surface area contributed by atoms with E-state index in [2.05, 4.69) is 55.7 Å². The lowest BCUT2D eigenvalue weighted by Crippen LogP contribution is -2.58. The van der Waals surface area contributed by atoms with Crippen LogP contribution in [0.1, 0.15) is 103 Å². The van der Waals surface area contributed by atoms with Gasteiger partial charge in [0, 0.05) is 36.1 Å². The Morgan fingerprint density at radius 1 is 1.00 bits per heavy atom. The normalized spacial score (nSPS) is 35.6. The van der Waals surface area contributed by atoms with Crippen molar-refractivity contribution in [2.45, 2.75) is 109 Å². The molecule has 4 unspecified atom stereocenters. The van der Waals surface area contributed by atoms with Crippen LogP contribution in [0.15, 0.2) is 41.5 Å². The van der Waals surface area contributed by atoms with Crippen molar-refractivity contribution in [3.8, 4) is 0 Å². The van der Waals surface area contributed by atoms with Gasteiger partial charge in [0.25, 0.3) is 0 Å². The fourth-order valence-electron chi connectivity index (χ4n) is 9.39. The molecule has 1 aromatic carbocycles. The molecular formula is C38H54N2O7. The Labute approximate surface area is 279 Å². The first-order chi connectivity index (χ1) is 22.2. The maximum Gasteiger partial charge on any atom is 0.325 e. The highest BCUT2D eigenvalue weighted by molar-refractivity contribution is 5.80. The molecule has 1 aromatic rings. The van der Waals surface area contributed by atoms with Gasteiger partial charge in [-0.2, -0.15) is 0 Å². The Hall–Kier alpha value is -2.72. The third-order valence-electron chi connectivity index (χ3n) is 12.2. The number of aliphatic hydroxyl groups is 2. The second-order valence-corrected chi connectivity index (χ2v) is 16.0. The molecule has 3 saturated carbocycles. The number of urea groups is 1. The Bertz CT molecular complexity index is 1410. The van der Waals surface area contributed by atoms with Crippen LogP contribution in [0.5, 0.6) is 0 Å². The molecule has 0 aromatic heterocycles. The fraction of sp³-hybridized carbons (Fsp3) is 0.684. The molecule has 6 atom stereocenters. The van der Waals surface area contributed by atoms with Crippen molar-refractivity contribution >= 4 is 18.1 Å². The van der Waals surface area contributed by atoms with Gasteiger partial charge in [-0.3, -0.25) is 4.79 Å². The SMILES string of the molecule is CCOC(=O)CNC(=O)NC/C=C/c1ccc([C@H]2CC3(C)C(CCC3(C)O)C3CC[C@@]4(O)CC5(CCC4=C32)OCC(C)(C)CO5)cc1. The summed E-state index contributed by atoms with van der Waals surface area (Å²) in [5.41, 5.74) is 2.92. The molecule has 0 bridgehead atoms. The zero-order valence-corrected chi connectivity index (χ0v) is 28.8. The van der Waals surface area contributed by atoms with E-state index in [4.69, 9.17) is 14.2 Å². The smallest absolute Gasteiger partial charge is 0.325 e. The summed E-state index contributed by atoms with van der Waals surface area (Å²) in [6.45, 7) is 12.1. The van der Waals surface area contributed by atoms with Gasteiger partial charge >= 0.3 is 12.0 Å². The lowest BCUT2D eigenvalue weighted by molar-refractivity contribution is -0.322. The summed E-state index contributed by atoms with van der Waals surface area (Å²) in [6, 6.07) is 8.15. The zero-order chi connectivity index (χ0) is 33.7. The Balaban J connectivity index is 1.22. The van der Waals surface area contributed by atoms with Crippen LogP contribution in [0.3, 0.4) is 0 Å². The number of carbonyl (C=O) groups excluding carboxylic acids is 2. The van der Waals surface area contributed by atoms with Gasteiger partial charge < -0.3 is 35.1 Å². The zero-order valence-electron chi connectivity index (χ0n) is 28.8. The van der Waals surface area contributed by atoms with Crippen LogP contribution in [-0.2, 0) is 19.0 Å². The molecule has 47 heavy (non-hydrogen) atoms. The number of nitrogens with one attached hydrogen (secondary N) is 2. The van der Waals surface area contributed by atoms with Crippen LogP contribution in [0.4, 0.5) is 4.79 Å². The number of rotatable bonds is 7. The third kappa shape index (κ3) is 6.53. The average molecular weight is 651 g/mol. The Kier molecular flexibility index (Phi) is 9.17. The van der Waals surface area contributed by atoms with Gasteiger partial charge in [0.2, 0.25) is 0 Å². The summed E-state index contributed by atoms with van der Waals surface area (Å²) in [6.07, 6.45) is 10.1. The summed E-state index contributed by atoms with van der Waals surface area (Å²) in [4.78, 5) is 23.4. The highest BCUT2D eigenvalue weighted by Gasteiger charge is 2.63. The molecule has 9 heteroatoms. The van der Waals surface area contributed by atoms with Crippen molar-refractivity contribution < 1.29 is 34.0 Å². The van der Waals surface area contributed by atoms with Crippen molar-refractivity contribution in [3.63, 3.8) is 0 Å². The number of allylic oxidation sites excluding steroid dienone is 1. The first-order valence-corrected chi connectivity index (χ1v) is 17.6. The van der Waals surface area contributed by atoms with E-state index in [9.17, 15) is 19.8 Å². The maximum absolute atomic E-state index is 12.4. The molecule has 4 fully saturated rings. The lowest BCUT2D eigenvalue weighted by atomic mass is 9.50. The van der Waals surface area contributed by atoms with Gasteiger partial charge in [-0.05, 0) is 80.9 Å². The Morgan fingerprint density at radius 3 is 2.43 bits per heavy atom. The van der Waals surface area contributed by atoms with Crippen LogP contribution in [0.25, 0.3) is 6.08 Å². The number of hydrogen-bond acceptors (Lipinski definition) is 7. The van der Waals surface area contributed by atoms with E-state index in [-0.39, 0.29) is 29.9 Å². The minimum atomic E-state index is -0.947. The van der Waals surface area contributed by atoms with Crippen molar-refractivity contribution in [1.29, 1.82) is 0 Å². The minimum Gasteiger partial charge on any atom is -0.465 e. The largest absolute Gasteiger partial charge is 0.465 e. The summed E-state index contributed by atoms with van der Waals surface area (Å²) in [7, 11) is 0. The minimum absolute atomic E-state index is 0.0273. The quantitative estimate of drug-likeness (QED) is 0.223. The predicted octanol–water partition coefficient (Wildman–Crippen LogP) is 5.61. The predicted molar refractivity (Wildman–Crippen MR) is 179 cm³/mol. The highest BCUT2D eigenvalue weighted by Crippen LogP contribution is 2.67. The van der Waals surface area contributed by atoms with Crippen LogP contribution in [-0.4, -0.2) is 72.1 Å². The number of ether oxygens (including phenoxy) is 3. The number of esters is 1. The van der Waals surface area contributed by atoms with E-state index < -0.39 is 29.0 Å². The molecule has 1 saturated heterocycles. The van der Waals surface area contributed by atoms with E-state index in [1.54, 1.807) is 6.92 Å². The van der Waals surface area contributed by atoms with Crippen LogP contribution in [0, 0.1) is 22.7 Å². The summed E-state index contributed by atoms with van der Waals surface area (Å²) in [5, 5.41) is 29.3. The van der Waals surface area contributed by atoms with Crippen molar-refractivity contribution in [1.82, 2.24) is 10.6 Å². The van der Waals surface area contributed by atoms with E-state index >= 15 is 0 Å². The molecule has 4 N–H and O–H groups in total. The monoisotopic (exact) mass is 650 g/mol. The number of benzene rings is 1. The van der Waals surface area contributed by atoms with Gasteiger partial charge in [-0.25, -0.2) is 4.79 Å². The molecule has 6 rings (SSSR count). The molecule has 2 amide bonds. The number of carbonyl (C=O) groups is 2. The molecule has 4 aliphatic carbocycles. The number of amides is 2. The number of hydrogen-bond donors (Lipinski definition) is 4. The average Bonchev–Trinajstić information content (AvgIpc) is 3.27. The molecule has 1 heterocycles. The first-order valence-electron chi connectivity index (χ1n) is 17.6. The van der Waals surface area contributed by atoms with Crippen molar-refractivity contribution in [3.05, 3.63) is 52.6 Å². The second kappa shape index (κ2) is 12.6. The standard InChI is InChI=1S/C38H54N2O7/c1-6-45-31(41)21-40-33(42)39-19-7-8-25-9-11-26(12-10-25)28-20-35(4)29(14-16-36(35,5)43)27-13-17-37(44)22-38(18-15-30(37)32(27)28)46-23-34(2,3)24-47-38/h7-12,27-29,43-44H,6,13-24H2,1-5H3,(H2,39,40,42)/b8-7+/t27?,28-,29?,35?,36?,37-/m1/s1. The Morgan fingerprint density at radius 2 is 1.72 bits per heavy atom. The molecule has 0 radical (unpaired) electrons. The topological polar surface area (TPSA) is 126 Å². The van der Waals surface area contributed by atoms with Gasteiger partial charge in [0.1, 0.15) is 6.54 Å². The summed E-state index contributed by atoms with van der Waals surface area (Å²) < 4.78 is 17.6. The van der Waals surface area contributed by atoms with Gasteiger partial charge in [0.15, 0.2) is 5.79 Å².